The lowest BCUT2D eigenvalue weighted by atomic mass is 10.0. The van der Waals surface area contributed by atoms with Crippen molar-refractivity contribution in [2.45, 2.75) is 18.9 Å². The Kier molecular flexibility index (Phi) is 9.65. The first-order valence-electron chi connectivity index (χ1n) is 11.3. The van der Waals surface area contributed by atoms with Gasteiger partial charge < -0.3 is 24.8 Å². The number of nitrogens with one attached hydrogen (secondary N) is 2. The molecule has 1 fully saturated rings. The average molecular weight is 441 g/mol. The molecule has 0 aliphatic carbocycles. The molecule has 0 bridgehead atoms. The second-order valence-electron chi connectivity index (χ2n) is 7.75. The van der Waals surface area contributed by atoms with Crippen molar-refractivity contribution < 1.29 is 14.2 Å². The Bertz CT molecular complexity index is 838. The molecule has 0 amide bonds. The third-order valence-corrected chi connectivity index (χ3v) is 5.74. The van der Waals surface area contributed by atoms with E-state index >= 15 is 0 Å². The summed E-state index contributed by atoms with van der Waals surface area (Å²) in [4.78, 5) is 6.86. The summed E-state index contributed by atoms with van der Waals surface area (Å²) in [5, 5.41) is 6.96. The van der Waals surface area contributed by atoms with Gasteiger partial charge in [-0.2, -0.15) is 0 Å². The molecule has 32 heavy (non-hydrogen) atoms. The van der Waals surface area contributed by atoms with Crippen LogP contribution in [0.25, 0.3) is 0 Å². The second kappa shape index (κ2) is 12.9. The Morgan fingerprint density at radius 3 is 2.47 bits per heavy atom. The molecule has 0 saturated carbocycles. The number of aliphatic imine (C=N–C) groups is 1. The normalized spacial score (nSPS) is 15.8. The highest BCUT2D eigenvalue weighted by Gasteiger charge is 2.24. The molecule has 1 unspecified atom stereocenters. The molecule has 0 radical (unpaired) electrons. The van der Waals surface area contributed by atoms with Gasteiger partial charge in [0.15, 0.2) is 17.5 Å². The van der Waals surface area contributed by atoms with Crippen LogP contribution in [-0.2, 0) is 11.2 Å². The van der Waals surface area contributed by atoms with E-state index in [2.05, 4.69) is 63.0 Å². The van der Waals surface area contributed by atoms with Gasteiger partial charge in [-0.25, -0.2) is 0 Å². The van der Waals surface area contributed by atoms with Crippen LogP contribution >= 0.6 is 0 Å². The zero-order chi connectivity index (χ0) is 22.6. The Balaban J connectivity index is 1.60. The highest BCUT2D eigenvalue weighted by atomic mass is 16.5. The van der Waals surface area contributed by atoms with E-state index < -0.39 is 0 Å². The van der Waals surface area contributed by atoms with Crippen LogP contribution < -0.4 is 20.1 Å². The van der Waals surface area contributed by atoms with Crippen LogP contribution in [0.5, 0.6) is 11.5 Å². The van der Waals surface area contributed by atoms with E-state index in [4.69, 9.17) is 14.2 Å². The Hall–Kier alpha value is -2.77. The Labute approximate surface area is 191 Å². The zero-order valence-electron chi connectivity index (χ0n) is 19.5. The lowest BCUT2D eigenvalue weighted by Gasteiger charge is -2.35. The van der Waals surface area contributed by atoms with Gasteiger partial charge in [-0.1, -0.05) is 36.4 Å². The summed E-state index contributed by atoms with van der Waals surface area (Å²) < 4.78 is 16.5. The predicted molar refractivity (Wildman–Crippen MR) is 129 cm³/mol. The molecule has 0 spiro atoms. The van der Waals surface area contributed by atoms with E-state index in [1.165, 1.54) is 11.1 Å². The van der Waals surface area contributed by atoms with Crippen molar-refractivity contribution in [3.8, 4) is 11.5 Å². The summed E-state index contributed by atoms with van der Waals surface area (Å²) in [7, 11) is 5.14. The van der Waals surface area contributed by atoms with Gasteiger partial charge in [-0.3, -0.25) is 9.89 Å². The number of aryl methyl sites for hydroxylation is 1. The van der Waals surface area contributed by atoms with E-state index in [-0.39, 0.29) is 6.04 Å². The molecule has 1 saturated heterocycles. The summed E-state index contributed by atoms with van der Waals surface area (Å²) in [6, 6.07) is 16.9. The highest BCUT2D eigenvalue weighted by Crippen LogP contribution is 2.32. The van der Waals surface area contributed by atoms with E-state index in [0.29, 0.717) is 0 Å². The molecule has 1 aliphatic rings. The van der Waals surface area contributed by atoms with Gasteiger partial charge in [0.2, 0.25) is 0 Å². The molecule has 1 aliphatic heterocycles. The SMILES string of the molecule is CN=C(NCCCc1ccccc1)NCC(c1ccc(OC)c(OC)c1)N1CCOCC1. The van der Waals surface area contributed by atoms with E-state index in [1.54, 1.807) is 14.2 Å². The minimum absolute atomic E-state index is 0.168. The number of benzene rings is 2. The zero-order valence-corrected chi connectivity index (χ0v) is 19.5. The summed E-state index contributed by atoms with van der Waals surface area (Å²) in [6.07, 6.45) is 2.10. The number of nitrogens with zero attached hydrogens (tertiary/aromatic N) is 2. The van der Waals surface area contributed by atoms with Crippen molar-refractivity contribution in [1.29, 1.82) is 0 Å². The molecule has 2 aromatic rings. The smallest absolute Gasteiger partial charge is 0.191 e. The molecule has 1 atom stereocenters. The molecule has 1 heterocycles. The van der Waals surface area contributed by atoms with Gasteiger partial charge in [0, 0.05) is 33.2 Å². The van der Waals surface area contributed by atoms with Crippen molar-refractivity contribution in [3.63, 3.8) is 0 Å². The maximum absolute atomic E-state index is 5.57. The van der Waals surface area contributed by atoms with E-state index in [9.17, 15) is 0 Å². The van der Waals surface area contributed by atoms with Crippen molar-refractivity contribution in [1.82, 2.24) is 15.5 Å². The van der Waals surface area contributed by atoms with Crippen LogP contribution in [-0.4, -0.2) is 71.5 Å². The Morgan fingerprint density at radius 2 is 1.78 bits per heavy atom. The standard InChI is InChI=1S/C25H36N4O3/c1-26-25(27-13-7-10-20-8-5-4-6-9-20)28-19-22(29-14-16-32-17-15-29)21-11-12-23(30-2)24(18-21)31-3/h4-6,8-9,11-12,18,22H,7,10,13-17,19H2,1-3H3,(H2,26,27,28). The van der Waals surface area contributed by atoms with Crippen molar-refractivity contribution in [2.24, 2.45) is 4.99 Å². The number of guanidine groups is 1. The lowest BCUT2D eigenvalue weighted by Crippen LogP contribution is -2.46. The summed E-state index contributed by atoms with van der Waals surface area (Å²) in [5.74, 6) is 2.30. The third kappa shape index (κ3) is 6.87. The van der Waals surface area contributed by atoms with Gasteiger partial charge >= 0.3 is 0 Å². The van der Waals surface area contributed by atoms with Gasteiger partial charge in [-0.05, 0) is 36.1 Å². The van der Waals surface area contributed by atoms with Gasteiger partial charge in [0.1, 0.15) is 0 Å². The largest absolute Gasteiger partial charge is 0.493 e. The first-order chi connectivity index (χ1) is 15.7. The summed E-state index contributed by atoms with van der Waals surface area (Å²) in [6.45, 7) is 4.88. The number of hydrogen-bond acceptors (Lipinski definition) is 5. The molecule has 7 heteroatoms. The minimum atomic E-state index is 0.168. The van der Waals surface area contributed by atoms with E-state index in [1.807, 2.05) is 13.1 Å². The molecule has 0 aromatic heterocycles. The van der Waals surface area contributed by atoms with Gasteiger partial charge in [0.25, 0.3) is 0 Å². The maximum atomic E-state index is 5.57. The molecule has 7 nitrogen and oxygen atoms in total. The second-order valence-corrected chi connectivity index (χ2v) is 7.75. The molecule has 3 rings (SSSR count). The summed E-state index contributed by atoms with van der Waals surface area (Å²) in [5.41, 5.74) is 2.54. The van der Waals surface area contributed by atoms with Gasteiger partial charge in [0.05, 0.1) is 33.5 Å². The number of ether oxygens (including phenoxy) is 3. The van der Waals surface area contributed by atoms with Crippen LogP contribution in [0, 0.1) is 0 Å². The van der Waals surface area contributed by atoms with Crippen molar-refractivity contribution in [2.75, 3.05) is 60.7 Å². The summed E-state index contributed by atoms with van der Waals surface area (Å²) >= 11 is 0. The number of morpholine rings is 1. The van der Waals surface area contributed by atoms with Crippen LogP contribution in [0.2, 0.25) is 0 Å². The molecule has 2 N–H and O–H groups in total. The monoisotopic (exact) mass is 440 g/mol. The van der Waals surface area contributed by atoms with Crippen molar-refractivity contribution in [3.05, 3.63) is 59.7 Å². The fourth-order valence-corrected chi connectivity index (χ4v) is 3.96. The minimum Gasteiger partial charge on any atom is -0.493 e. The van der Waals surface area contributed by atoms with Crippen LogP contribution in [0.3, 0.4) is 0 Å². The average Bonchev–Trinajstić information content (AvgIpc) is 2.86. The predicted octanol–water partition coefficient (Wildman–Crippen LogP) is 2.87. The number of hydrogen-bond donors (Lipinski definition) is 2. The maximum Gasteiger partial charge on any atom is 0.191 e. The van der Waals surface area contributed by atoms with Crippen molar-refractivity contribution >= 4 is 5.96 Å². The van der Waals surface area contributed by atoms with Gasteiger partial charge in [-0.15, -0.1) is 0 Å². The molecule has 174 valence electrons. The topological polar surface area (TPSA) is 67.4 Å². The fraction of sp³-hybridized carbons (Fsp3) is 0.480. The first-order valence-corrected chi connectivity index (χ1v) is 11.3. The molecule has 2 aromatic carbocycles. The third-order valence-electron chi connectivity index (χ3n) is 5.74. The quantitative estimate of drug-likeness (QED) is 0.336. The van der Waals surface area contributed by atoms with Crippen LogP contribution in [0.4, 0.5) is 0 Å². The number of rotatable bonds is 10. The van der Waals surface area contributed by atoms with Crippen LogP contribution in [0.1, 0.15) is 23.6 Å². The first kappa shape index (κ1) is 23.9. The van der Waals surface area contributed by atoms with E-state index in [0.717, 1.165) is 69.7 Å². The van der Waals surface area contributed by atoms with Crippen LogP contribution in [0.15, 0.2) is 53.5 Å². The lowest BCUT2D eigenvalue weighted by molar-refractivity contribution is 0.0169. The molecular formula is C25H36N4O3. The Morgan fingerprint density at radius 1 is 1.03 bits per heavy atom. The number of methoxy groups -OCH3 is 2. The fourth-order valence-electron chi connectivity index (χ4n) is 3.96. The molecular weight excluding hydrogens is 404 g/mol. The highest BCUT2D eigenvalue weighted by molar-refractivity contribution is 5.79.